The summed E-state index contributed by atoms with van der Waals surface area (Å²) in [7, 11) is 3.43. The third kappa shape index (κ3) is 4.48. The lowest BCUT2D eigenvalue weighted by molar-refractivity contribution is -0.120. The summed E-state index contributed by atoms with van der Waals surface area (Å²) in [4.78, 5) is 25.7. The molecule has 1 aliphatic rings. The molecule has 2 amide bonds. The Morgan fingerprint density at radius 1 is 1.14 bits per heavy atom. The second-order valence-electron chi connectivity index (χ2n) is 6.00. The minimum absolute atomic E-state index is 0.0148. The molecule has 0 heterocycles. The van der Waals surface area contributed by atoms with Crippen molar-refractivity contribution < 1.29 is 9.59 Å². The highest BCUT2D eigenvalue weighted by Crippen LogP contribution is 2.18. The Labute approximate surface area is 132 Å². The van der Waals surface area contributed by atoms with Crippen LogP contribution in [-0.2, 0) is 4.79 Å². The van der Waals surface area contributed by atoms with Crippen LogP contribution in [0.5, 0.6) is 0 Å². The van der Waals surface area contributed by atoms with E-state index in [1.165, 1.54) is 24.2 Å². The SMILES string of the molecule is CN(C)C(=O)c1ccccc1NCC(=O)NC1CCCCC1. The molecule has 1 fully saturated rings. The summed E-state index contributed by atoms with van der Waals surface area (Å²) in [5, 5.41) is 6.14. The highest BCUT2D eigenvalue weighted by Gasteiger charge is 2.16. The van der Waals surface area contributed by atoms with Gasteiger partial charge in [0, 0.05) is 25.8 Å². The van der Waals surface area contributed by atoms with E-state index in [2.05, 4.69) is 10.6 Å². The van der Waals surface area contributed by atoms with Gasteiger partial charge in [0.25, 0.3) is 5.91 Å². The average Bonchev–Trinajstić information content (AvgIpc) is 2.53. The average molecular weight is 303 g/mol. The van der Waals surface area contributed by atoms with Gasteiger partial charge in [-0.2, -0.15) is 0 Å². The number of amides is 2. The summed E-state index contributed by atoms with van der Waals surface area (Å²) in [5.74, 6) is -0.0882. The minimum atomic E-state index is -0.0733. The number of rotatable bonds is 5. The molecule has 2 rings (SSSR count). The first kappa shape index (κ1) is 16.3. The maximum absolute atomic E-state index is 12.1. The largest absolute Gasteiger partial charge is 0.376 e. The van der Waals surface area contributed by atoms with Crippen LogP contribution in [0.3, 0.4) is 0 Å². The number of anilines is 1. The first-order chi connectivity index (χ1) is 10.6. The molecule has 1 aromatic rings. The Bertz CT molecular complexity index is 522. The van der Waals surface area contributed by atoms with Crippen LogP contribution in [0.2, 0.25) is 0 Å². The van der Waals surface area contributed by atoms with Gasteiger partial charge in [0.15, 0.2) is 0 Å². The highest BCUT2D eigenvalue weighted by molar-refractivity contribution is 5.99. The Kier molecular flexibility index (Phi) is 5.81. The third-order valence-corrected chi connectivity index (χ3v) is 3.97. The van der Waals surface area contributed by atoms with E-state index in [1.54, 1.807) is 20.2 Å². The van der Waals surface area contributed by atoms with Crippen LogP contribution in [-0.4, -0.2) is 43.4 Å². The predicted molar refractivity (Wildman–Crippen MR) is 88.0 cm³/mol. The van der Waals surface area contributed by atoms with Gasteiger partial charge >= 0.3 is 0 Å². The van der Waals surface area contributed by atoms with Crippen molar-refractivity contribution in [2.24, 2.45) is 0 Å². The lowest BCUT2D eigenvalue weighted by atomic mass is 9.95. The van der Waals surface area contributed by atoms with E-state index in [9.17, 15) is 9.59 Å². The number of nitrogens with one attached hydrogen (secondary N) is 2. The first-order valence-electron chi connectivity index (χ1n) is 7.92. The molecule has 0 aliphatic heterocycles. The normalized spacial score (nSPS) is 15.2. The zero-order chi connectivity index (χ0) is 15.9. The second kappa shape index (κ2) is 7.82. The molecule has 0 atom stereocenters. The van der Waals surface area contributed by atoms with E-state index in [1.807, 2.05) is 18.2 Å². The molecule has 0 spiro atoms. The maximum Gasteiger partial charge on any atom is 0.255 e. The van der Waals surface area contributed by atoms with Gasteiger partial charge in [0.1, 0.15) is 0 Å². The van der Waals surface area contributed by atoms with E-state index < -0.39 is 0 Å². The summed E-state index contributed by atoms with van der Waals surface area (Å²) >= 11 is 0. The van der Waals surface area contributed by atoms with Crippen LogP contribution >= 0.6 is 0 Å². The lowest BCUT2D eigenvalue weighted by Gasteiger charge is -2.23. The zero-order valence-electron chi connectivity index (χ0n) is 13.4. The number of nitrogens with zero attached hydrogens (tertiary/aromatic N) is 1. The molecule has 0 bridgehead atoms. The smallest absolute Gasteiger partial charge is 0.255 e. The van der Waals surface area contributed by atoms with Gasteiger partial charge in [-0.15, -0.1) is 0 Å². The second-order valence-corrected chi connectivity index (χ2v) is 6.00. The molecule has 22 heavy (non-hydrogen) atoms. The molecule has 2 N–H and O–H groups in total. The fraction of sp³-hybridized carbons (Fsp3) is 0.529. The van der Waals surface area contributed by atoms with E-state index >= 15 is 0 Å². The number of para-hydroxylation sites is 1. The Morgan fingerprint density at radius 2 is 1.82 bits per heavy atom. The number of hydrogen-bond acceptors (Lipinski definition) is 3. The first-order valence-corrected chi connectivity index (χ1v) is 7.92. The van der Waals surface area contributed by atoms with Crippen LogP contribution < -0.4 is 10.6 Å². The molecule has 0 aromatic heterocycles. The fourth-order valence-corrected chi connectivity index (χ4v) is 2.77. The van der Waals surface area contributed by atoms with Crippen LogP contribution in [0.15, 0.2) is 24.3 Å². The molecular weight excluding hydrogens is 278 g/mol. The van der Waals surface area contributed by atoms with Crippen molar-refractivity contribution in [3.8, 4) is 0 Å². The van der Waals surface area contributed by atoms with E-state index in [0.717, 1.165) is 12.8 Å². The Hall–Kier alpha value is -2.04. The number of carbonyl (C=O) groups excluding carboxylic acids is 2. The maximum atomic E-state index is 12.1. The third-order valence-electron chi connectivity index (χ3n) is 3.97. The zero-order valence-corrected chi connectivity index (χ0v) is 13.4. The van der Waals surface area contributed by atoms with Crippen molar-refractivity contribution in [3.05, 3.63) is 29.8 Å². The number of hydrogen-bond donors (Lipinski definition) is 2. The van der Waals surface area contributed by atoms with Gasteiger partial charge < -0.3 is 15.5 Å². The molecule has 5 nitrogen and oxygen atoms in total. The molecule has 1 aliphatic carbocycles. The van der Waals surface area contributed by atoms with Crippen LogP contribution in [0.25, 0.3) is 0 Å². The predicted octanol–water partition coefficient (Wildman–Crippen LogP) is 2.25. The monoisotopic (exact) mass is 303 g/mol. The molecule has 0 radical (unpaired) electrons. The number of carbonyl (C=O) groups is 2. The topological polar surface area (TPSA) is 61.4 Å². The van der Waals surface area contributed by atoms with Crippen molar-refractivity contribution in [3.63, 3.8) is 0 Å². The van der Waals surface area contributed by atoms with E-state index in [4.69, 9.17) is 0 Å². The minimum Gasteiger partial charge on any atom is -0.376 e. The van der Waals surface area contributed by atoms with Crippen molar-refractivity contribution in [1.82, 2.24) is 10.2 Å². The molecule has 5 heteroatoms. The van der Waals surface area contributed by atoms with Gasteiger partial charge in [-0.1, -0.05) is 31.4 Å². The van der Waals surface area contributed by atoms with E-state index in [-0.39, 0.29) is 18.4 Å². The molecule has 120 valence electrons. The van der Waals surface area contributed by atoms with Crippen molar-refractivity contribution in [2.45, 2.75) is 38.1 Å². The molecule has 1 saturated carbocycles. The summed E-state index contributed by atoms with van der Waals surface area (Å²) < 4.78 is 0. The Balaban J connectivity index is 1.90. The Morgan fingerprint density at radius 3 is 2.50 bits per heavy atom. The summed E-state index contributed by atoms with van der Waals surface area (Å²) in [6.07, 6.45) is 5.80. The van der Waals surface area contributed by atoms with Crippen molar-refractivity contribution in [2.75, 3.05) is 26.0 Å². The van der Waals surface area contributed by atoms with Gasteiger partial charge in [-0.3, -0.25) is 9.59 Å². The molecular formula is C17H25N3O2. The van der Waals surface area contributed by atoms with Gasteiger partial charge in [0.05, 0.1) is 12.1 Å². The van der Waals surface area contributed by atoms with Gasteiger partial charge in [-0.25, -0.2) is 0 Å². The quantitative estimate of drug-likeness (QED) is 0.877. The van der Waals surface area contributed by atoms with Crippen LogP contribution in [0.4, 0.5) is 5.69 Å². The van der Waals surface area contributed by atoms with Crippen molar-refractivity contribution in [1.29, 1.82) is 0 Å². The van der Waals surface area contributed by atoms with Crippen molar-refractivity contribution >= 4 is 17.5 Å². The molecule has 1 aromatic carbocycles. The van der Waals surface area contributed by atoms with Crippen LogP contribution in [0, 0.1) is 0 Å². The summed E-state index contributed by atoms with van der Waals surface area (Å²) in [6, 6.07) is 7.58. The standard InChI is InChI=1S/C17H25N3O2/c1-20(2)17(22)14-10-6-7-11-15(14)18-12-16(21)19-13-8-4-3-5-9-13/h6-7,10-11,13,18H,3-5,8-9,12H2,1-2H3,(H,19,21). The fourth-order valence-electron chi connectivity index (χ4n) is 2.77. The highest BCUT2D eigenvalue weighted by atomic mass is 16.2. The van der Waals surface area contributed by atoms with Gasteiger partial charge in [0.2, 0.25) is 5.91 Å². The number of benzene rings is 1. The van der Waals surface area contributed by atoms with Gasteiger partial charge in [-0.05, 0) is 25.0 Å². The molecule has 0 saturated heterocycles. The summed E-state index contributed by atoms with van der Waals surface area (Å²) in [6.45, 7) is 0.189. The molecule has 0 unspecified atom stereocenters. The summed E-state index contributed by atoms with van der Waals surface area (Å²) in [5.41, 5.74) is 1.28. The lowest BCUT2D eigenvalue weighted by Crippen LogP contribution is -2.39. The van der Waals surface area contributed by atoms with E-state index in [0.29, 0.717) is 17.3 Å². The van der Waals surface area contributed by atoms with Crippen LogP contribution in [0.1, 0.15) is 42.5 Å².